The molecule has 0 spiro atoms. The first-order valence-electron chi connectivity index (χ1n) is 5.44. The number of aliphatic carboxylic acids is 1. The molecular formula is C12H12FNO5. The van der Waals surface area contributed by atoms with Gasteiger partial charge >= 0.3 is 11.7 Å². The van der Waals surface area contributed by atoms with Crippen LogP contribution in [0.25, 0.3) is 0 Å². The van der Waals surface area contributed by atoms with Crippen molar-refractivity contribution < 1.29 is 24.0 Å². The van der Waals surface area contributed by atoms with E-state index in [1.54, 1.807) is 6.92 Å². The summed E-state index contributed by atoms with van der Waals surface area (Å²) in [6.45, 7) is 1.53. The highest BCUT2D eigenvalue weighted by Crippen LogP contribution is 2.27. The summed E-state index contributed by atoms with van der Waals surface area (Å²) < 4.78 is 18.0. The number of ether oxygens (including phenoxy) is 1. The number of nitro groups is 1. The molecular weight excluding hydrogens is 257 g/mol. The molecule has 0 bridgehead atoms. The summed E-state index contributed by atoms with van der Waals surface area (Å²) >= 11 is 0. The van der Waals surface area contributed by atoms with Crippen LogP contribution in [0.15, 0.2) is 29.8 Å². The average Bonchev–Trinajstić information content (AvgIpc) is 2.35. The summed E-state index contributed by atoms with van der Waals surface area (Å²) in [6.07, 6.45) is 1.62. The van der Waals surface area contributed by atoms with Gasteiger partial charge in [0.2, 0.25) is 0 Å². The van der Waals surface area contributed by atoms with Gasteiger partial charge in [-0.15, -0.1) is 0 Å². The largest absolute Gasteiger partial charge is 0.483 e. The van der Waals surface area contributed by atoms with Crippen molar-refractivity contribution in [2.75, 3.05) is 6.61 Å². The van der Waals surface area contributed by atoms with Gasteiger partial charge in [0.05, 0.1) is 11.0 Å². The number of hydrogen-bond acceptors (Lipinski definition) is 4. The Kier molecular flexibility index (Phi) is 4.99. The van der Waals surface area contributed by atoms with E-state index in [9.17, 15) is 19.3 Å². The van der Waals surface area contributed by atoms with Gasteiger partial charge < -0.3 is 9.84 Å². The molecule has 0 amide bonds. The molecule has 6 nitrogen and oxygen atoms in total. The molecule has 0 saturated carbocycles. The van der Waals surface area contributed by atoms with Crippen LogP contribution in [0.1, 0.15) is 13.3 Å². The van der Waals surface area contributed by atoms with Crippen molar-refractivity contribution in [1.82, 2.24) is 0 Å². The third kappa shape index (κ3) is 4.06. The van der Waals surface area contributed by atoms with Crippen LogP contribution in [0.5, 0.6) is 5.75 Å². The van der Waals surface area contributed by atoms with Crippen molar-refractivity contribution in [3.05, 3.63) is 45.8 Å². The smallest absolute Gasteiger partial charge is 0.331 e. The summed E-state index contributed by atoms with van der Waals surface area (Å²) in [5.41, 5.74) is -0.355. The van der Waals surface area contributed by atoms with Gasteiger partial charge in [0.15, 0.2) is 5.75 Å². The van der Waals surface area contributed by atoms with Crippen LogP contribution in [0.4, 0.5) is 10.1 Å². The second kappa shape index (κ2) is 6.48. The van der Waals surface area contributed by atoms with Crippen molar-refractivity contribution in [1.29, 1.82) is 0 Å². The van der Waals surface area contributed by atoms with Crippen molar-refractivity contribution in [3.63, 3.8) is 0 Å². The van der Waals surface area contributed by atoms with Crippen molar-refractivity contribution in [2.24, 2.45) is 0 Å². The molecule has 0 fully saturated rings. The Bertz CT molecular complexity index is 527. The molecule has 0 unspecified atom stereocenters. The second-order valence-corrected chi connectivity index (χ2v) is 3.57. The van der Waals surface area contributed by atoms with Gasteiger partial charge in [0, 0.05) is 5.57 Å². The number of hydrogen-bond donors (Lipinski definition) is 1. The van der Waals surface area contributed by atoms with E-state index < -0.39 is 22.4 Å². The minimum absolute atomic E-state index is 0.108. The van der Waals surface area contributed by atoms with Crippen LogP contribution in [-0.4, -0.2) is 22.6 Å². The molecule has 1 aromatic carbocycles. The molecule has 7 heteroatoms. The maximum absolute atomic E-state index is 12.9. The van der Waals surface area contributed by atoms with E-state index in [2.05, 4.69) is 0 Å². The molecule has 1 N–H and O–H groups in total. The molecule has 0 aliphatic heterocycles. The number of benzene rings is 1. The number of rotatable bonds is 6. The highest BCUT2D eigenvalue weighted by atomic mass is 19.1. The van der Waals surface area contributed by atoms with Crippen LogP contribution in [0.3, 0.4) is 0 Å². The molecule has 0 heterocycles. The molecule has 0 aliphatic rings. The Hall–Kier alpha value is -2.44. The van der Waals surface area contributed by atoms with Gasteiger partial charge in [0.25, 0.3) is 0 Å². The number of carboxylic acid groups (broad SMARTS) is 1. The van der Waals surface area contributed by atoms with Gasteiger partial charge in [-0.2, -0.15) is 0 Å². The van der Waals surface area contributed by atoms with Gasteiger partial charge in [-0.3, -0.25) is 10.1 Å². The molecule has 0 aliphatic carbocycles. The summed E-state index contributed by atoms with van der Waals surface area (Å²) in [5, 5.41) is 19.5. The molecule has 1 rings (SSSR count). The van der Waals surface area contributed by atoms with E-state index in [1.165, 1.54) is 6.08 Å². The van der Waals surface area contributed by atoms with E-state index >= 15 is 0 Å². The van der Waals surface area contributed by atoms with E-state index in [1.807, 2.05) is 0 Å². The van der Waals surface area contributed by atoms with E-state index in [0.29, 0.717) is 6.42 Å². The standard InChI is InChI=1S/C12H12FNO5/c1-2-8(12(15)16)5-6-19-11-4-3-9(13)7-10(11)14(17)18/h3-5,7H,2,6H2,1H3,(H,15,16). The van der Waals surface area contributed by atoms with E-state index in [4.69, 9.17) is 9.84 Å². The fourth-order valence-corrected chi connectivity index (χ4v) is 1.37. The zero-order chi connectivity index (χ0) is 14.4. The summed E-state index contributed by atoms with van der Waals surface area (Å²) in [5.74, 6) is -1.92. The number of carboxylic acids is 1. The average molecular weight is 269 g/mol. The fraction of sp³-hybridized carbons (Fsp3) is 0.250. The molecule has 0 radical (unpaired) electrons. The summed E-state index contributed by atoms with van der Waals surface area (Å²) in [6, 6.07) is 2.91. The molecule has 0 aromatic heterocycles. The highest BCUT2D eigenvalue weighted by molar-refractivity contribution is 5.86. The van der Waals surface area contributed by atoms with Crippen LogP contribution >= 0.6 is 0 Å². The highest BCUT2D eigenvalue weighted by Gasteiger charge is 2.16. The van der Waals surface area contributed by atoms with Crippen LogP contribution < -0.4 is 4.74 Å². The lowest BCUT2D eigenvalue weighted by atomic mass is 10.2. The Morgan fingerprint density at radius 3 is 2.79 bits per heavy atom. The predicted octanol–water partition coefficient (Wildman–Crippen LogP) is 2.53. The normalized spacial score (nSPS) is 11.2. The molecule has 0 atom stereocenters. The predicted molar refractivity (Wildman–Crippen MR) is 64.6 cm³/mol. The van der Waals surface area contributed by atoms with Crippen molar-refractivity contribution in [3.8, 4) is 5.75 Å². The Labute approximate surface area is 108 Å². The first-order valence-corrected chi connectivity index (χ1v) is 5.44. The Morgan fingerprint density at radius 1 is 1.58 bits per heavy atom. The monoisotopic (exact) mass is 269 g/mol. The molecule has 102 valence electrons. The lowest BCUT2D eigenvalue weighted by Crippen LogP contribution is -2.04. The Morgan fingerprint density at radius 2 is 2.26 bits per heavy atom. The SMILES string of the molecule is CCC(=CCOc1ccc(F)cc1[N+](=O)[O-])C(=O)O. The molecule has 0 saturated heterocycles. The lowest BCUT2D eigenvalue weighted by molar-refractivity contribution is -0.386. The summed E-state index contributed by atoms with van der Waals surface area (Å²) in [4.78, 5) is 20.6. The number of carbonyl (C=O) groups is 1. The number of halogens is 1. The minimum Gasteiger partial charge on any atom is -0.483 e. The van der Waals surface area contributed by atoms with E-state index in [-0.39, 0.29) is 17.9 Å². The number of nitro benzene ring substituents is 1. The van der Waals surface area contributed by atoms with Crippen LogP contribution in [0.2, 0.25) is 0 Å². The Balaban J connectivity index is 2.84. The van der Waals surface area contributed by atoms with E-state index in [0.717, 1.165) is 18.2 Å². The van der Waals surface area contributed by atoms with Crippen molar-refractivity contribution in [2.45, 2.75) is 13.3 Å². The zero-order valence-electron chi connectivity index (χ0n) is 10.1. The number of nitrogens with zero attached hydrogens (tertiary/aromatic N) is 1. The fourth-order valence-electron chi connectivity index (χ4n) is 1.37. The van der Waals surface area contributed by atoms with Gasteiger partial charge in [-0.25, -0.2) is 9.18 Å². The van der Waals surface area contributed by atoms with Gasteiger partial charge in [-0.1, -0.05) is 6.92 Å². The van der Waals surface area contributed by atoms with Gasteiger partial charge in [0.1, 0.15) is 12.4 Å². The first kappa shape index (κ1) is 14.6. The minimum atomic E-state index is -1.07. The maximum Gasteiger partial charge on any atom is 0.331 e. The van der Waals surface area contributed by atoms with Gasteiger partial charge in [-0.05, 0) is 24.6 Å². The third-order valence-corrected chi connectivity index (χ3v) is 2.34. The topological polar surface area (TPSA) is 89.7 Å². The summed E-state index contributed by atoms with van der Waals surface area (Å²) in [7, 11) is 0. The second-order valence-electron chi connectivity index (χ2n) is 3.57. The van der Waals surface area contributed by atoms with Crippen LogP contribution in [-0.2, 0) is 4.79 Å². The van der Waals surface area contributed by atoms with Crippen molar-refractivity contribution >= 4 is 11.7 Å². The quantitative estimate of drug-likeness (QED) is 0.487. The maximum atomic E-state index is 12.9. The molecule has 1 aromatic rings. The lowest BCUT2D eigenvalue weighted by Gasteiger charge is -2.05. The third-order valence-electron chi connectivity index (χ3n) is 2.34. The zero-order valence-corrected chi connectivity index (χ0v) is 10.1. The van der Waals surface area contributed by atoms with Crippen LogP contribution in [0, 0.1) is 15.9 Å². The molecule has 19 heavy (non-hydrogen) atoms. The first-order chi connectivity index (χ1) is 8.95.